The highest BCUT2D eigenvalue weighted by molar-refractivity contribution is 6.34. The van der Waals surface area contributed by atoms with Crippen LogP contribution in [0.1, 0.15) is 37.0 Å². The lowest BCUT2D eigenvalue weighted by Crippen LogP contribution is -2.42. The second kappa shape index (κ2) is 8.54. The maximum Gasteiger partial charge on any atom is 0.435 e. The molecule has 2 aromatic rings. The van der Waals surface area contributed by atoms with Crippen molar-refractivity contribution in [1.29, 1.82) is 0 Å². The van der Waals surface area contributed by atoms with Gasteiger partial charge in [0.05, 0.1) is 5.71 Å². The van der Waals surface area contributed by atoms with Crippen LogP contribution >= 0.6 is 23.2 Å². The second-order valence-electron chi connectivity index (χ2n) is 7.51. The summed E-state index contributed by atoms with van der Waals surface area (Å²) in [4.78, 5) is 5.02. The Morgan fingerprint density at radius 1 is 1.10 bits per heavy atom. The maximum absolute atomic E-state index is 14.0. The number of oxime groups is 1. The van der Waals surface area contributed by atoms with Crippen LogP contribution in [0.2, 0.25) is 10.0 Å². The fourth-order valence-corrected chi connectivity index (χ4v) is 3.69. The van der Waals surface area contributed by atoms with Crippen LogP contribution < -0.4 is 5.32 Å². The van der Waals surface area contributed by atoms with Crippen LogP contribution in [0.4, 0.5) is 13.2 Å². The normalized spacial score (nSPS) is 19.4. The Kier molecular flexibility index (Phi) is 6.46. The third kappa shape index (κ3) is 4.87. The summed E-state index contributed by atoms with van der Waals surface area (Å²) in [6.07, 6.45) is -5.16. The zero-order valence-electron chi connectivity index (χ0n) is 16.0. The van der Waals surface area contributed by atoms with Crippen molar-refractivity contribution in [3.05, 3.63) is 69.2 Å². The molecule has 0 bridgehead atoms. The summed E-state index contributed by atoms with van der Waals surface area (Å²) in [5.74, 6) is 0.537. The van der Waals surface area contributed by atoms with Gasteiger partial charge in [-0.25, -0.2) is 0 Å². The maximum atomic E-state index is 14.0. The summed E-state index contributed by atoms with van der Waals surface area (Å²) >= 11 is 11.8. The Morgan fingerprint density at radius 2 is 1.72 bits per heavy atom. The standard InChI is InChI=1S/C21H21Cl2F3N2O/c1-13(2)11-27-12-14-3-5-15(6-4-14)19-10-20(29-28-19,21(24,25)26)16-7-17(22)9-18(23)8-16/h3-9,13,27H,10-12H2,1-2H3. The zero-order valence-corrected chi connectivity index (χ0v) is 17.5. The van der Waals surface area contributed by atoms with Crippen LogP contribution in [0, 0.1) is 5.92 Å². The van der Waals surface area contributed by atoms with Crippen molar-refractivity contribution in [3.63, 3.8) is 0 Å². The predicted octanol–water partition coefficient (Wildman–Crippen LogP) is 6.32. The molecule has 1 unspecified atom stereocenters. The van der Waals surface area contributed by atoms with E-state index >= 15 is 0 Å². The first kappa shape index (κ1) is 21.9. The molecule has 0 radical (unpaired) electrons. The van der Waals surface area contributed by atoms with E-state index in [0.29, 0.717) is 18.0 Å². The predicted molar refractivity (Wildman–Crippen MR) is 109 cm³/mol. The molecule has 0 spiro atoms. The third-order valence-corrected chi connectivity index (χ3v) is 5.12. The van der Waals surface area contributed by atoms with Crippen molar-refractivity contribution < 1.29 is 18.0 Å². The van der Waals surface area contributed by atoms with Crippen molar-refractivity contribution in [2.75, 3.05) is 6.54 Å². The molecule has 1 N–H and O–H groups in total. The number of nitrogens with one attached hydrogen (secondary N) is 1. The van der Waals surface area contributed by atoms with E-state index in [1.165, 1.54) is 18.2 Å². The fourth-order valence-electron chi connectivity index (χ4n) is 3.17. The van der Waals surface area contributed by atoms with Crippen LogP contribution in [0.25, 0.3) is 0 Å². The number of nitrogens with zero attached hydrogens (tertiary/aromatic N) is 1. The van der Waals surface area contributed by atoms with E-state index < -0.39 is 18.2 Å². The summed E-state index contributed by atoms with van der Waals surface area (Å²) in [5.41, 5.74) is -0.945. The van der Waals surface area contributed by atoms with Gasteiger partial charge in [0.1, 0.15) is 0 Å². The van der Waals surface area contributed by atoms with Gasteiger partial charge >= 0.3 is 6.18 Å². The molecule has 0 saturated heterocycles. The molecule has 0 amide bonds. The number of benzene rings is 2. The molecule has 1 aliphatic rings. The lowest BCUT2D eigenvalue weighted by atomic mass is 9.86. The first-order valence-electron chi connectivity index (χ1n) is 9.19. The summed E-state index contributed by atoms with van der Waals surface area (Å²) in [6, 6.07) is 11.0. The molecule has 0 saturated carbocycles. The molecule has 1 atom stereocenters. The Labute approximate surface area is 177 Å². The number of rotatable bonds is 6. The largest absolute Gasteiger partial charge is 0.435 e. The minimum absolute atomic E-state index is 0.103. The van der Waals surface area contributed by atoms with Crippen molar-refractivity contribution in [3.8, 4) is 0 Å². The molecule has 8 heteroatoms. The molecule has 0 aromatic heterocycles. The van der Waals surface area contributed by atoms with Crippen LogP contribution in [0.3, 0.4) is 0 Å². The van der Waals surface area contributed by atoms with Crippen LogP contribution in [-0.4, -0.2) is 18.4 Å². The smallest absolute Gasteiger partial charge is 0.374 e. The monoisotopic (exact) mass is 444 g/mol. The first-order valence-corrected chi connectivity index (χ1v) is 9.95. The zero-order chi connectivity index (χ0) is 21.2. The van der Waals surface area contributed by atoms with Crippen LogP contribution in [0.5, 0.6) is 0 Å². The average Bonchev–Trinajstić information content (AvgIpc) is 3.08. The Morgan fingerprint density at radius 3 is 2.28 bits per heavy atom. The van der Waals surface area contributed by atoms with Gasteiger partial charge in [-0.1, -0.05) is 66.5 Å². The molecule has 1 heterocycles. The number of halogens is 5. The Bertz CT molecular complexity index is 878. The number of alkyl halides is 3. The summed E-state index contributed by atoms with van der Waals surface area (Å²) in [5, 5.41) is 7.30. The van der Waals surface area contributed by atoms with Gasteiger partial charge in [0, 0.05) is 28.6 Å². The summed E-state index contributed by atoms with van der Waals surface area (Å²) in [7, 11) is 0. The van der Waals surface area contributed by atoms with E-state index in [0.717, 1.165) is 12.1 Å². The second-order valence-corrected chi connectivity index (χ2v) is 8.38. The summed E-state index contributed by atoms with van der Waals surface area (Å²) < 4.78 is 42.1. The lowest BCUT2D eigenvalue weighted by molar-refractivity contribution is -0.275. The van der Waals surface area contributed by atoms with Gasteiger partial charge < -0.3 is 10.2 Å². The molecule has 0 aliphatic carbocycles. The molecule has 2 aromatic carbocycles. The molecule has 0 fully saturated rings. The van der Waals surface area contributed by atoms with Crippen molar-refractivity contribution in [2.24, 2.45) is 11.1 Å². The lowest BCUT2D eigenvalue weighted by Gasteiger charge is -2.29. The number of hydrogen-bond donors (Lipinski definition) is 1. The van der Waals surface area contributed by atoms with E-state index in [4.69, 9.17) is 28.0 Å². The molecule has 29 heavy (non-hydrogen) atoms. The van der Waals surface area contributed by atoms with Gasteiger partial charge in [0.2, 0.25) is 0 Å². The van der Waals surface area contributed by atoms with E-state index in [2.05, 4.69) is 24.3 Å². The topological polar surface area (TPSA) is 33.6 Å². The first-order chi connectivity index (χ1) is 13.6. The molecule has 1 aliphatic heterocycles. The quantitative estimate of drug-likeness (QED) is 0.565. The van der Waals surface area contributed by atoms with Gasteiger partial charge in [-0.15, -0.1) is 0 Å². The van der Waals surface area contributed by atoms with Gasteiger partial charge in [0.25, 0.3) is 5.60 Å². The van der Waals surface area contributed by atoms with Gasteiger partial charge in [-0.05, 0) is 41.8 Å². The fraction of sp³-hybridized carbons (Fsp3) is 0.381. The summed E-state index contributed by atoms with van der Waals surface area (Å²) in [6.45, 7) is 5.82. The highest BCUT2D eigenvalue weighted by atomic mass is 35.5. The Balaban J connectivity index is 1.81. The average molecular weight is 445 g/mol. The van der Waals surface area contributed by atoms with Gasteiger partial charge in [0.15, 0.2) is 0 Å². The third-order valence-electron chi connectivity index (χ3n) is 4.68. The van der Waals surface area contributed by atoms with Gasteiger partial charge in [-0.2, -0.15) is 13.2 Å². The number of hydrogen-bond acceptors (Lipinski definition) is 3. The SMILES string of the molecule is CC(C)CNCc1ccc(C2=NOC(c3cc(Cl)cc(Cl)c3)(C(F)(F)F)C2)cc1. The highest BCUT2D eigenvalue weighted by Gasteiger charge is 2.62. The minimum atomic E-state index is -4.70. The highest BCUT2D eigenvalue weighted by Crippen LogP contribution is 2.49. The van der Waals surface area contributed by atoms with E-state index in [9.17, 15) is 13.2 Å². The molecule has 156 valence electrons. The van der Waals surface area contributed by atoms with E-state index in [-0.39, 0.29) is 21.3 Å². The van der Waals surface area contributed by atoms with Crippen molar-refractivity contribution >= 4 is 28.9 Å². The molecular weight excluding hydrogens is 424 g/mol. The van der Waals surface area contributed by atoms with Gasteiger partial charge in [-0.3, -0.25) is 0 Å². The van der Waals surface area contributed by atoms with Crippen LogP contribution in [0.15, 0.2) is 47.6 Å². The Hall–Kier alpha value is -1.76. The van der Waals surface area contributed by atoms with Crippen molar-refractivity contribution in [2.45, 2.75) is 38.6 Å². The minimum Gasteiger partial charge on any atom is -0.374 e. The van der Waals surface area contributed by atoms with E-state index in [1.807, 2.05) is 12.1 Å². The molecule has 3 rings (SSSR count). The molecule has 3 nitrogen and oxygen atoms in total. The molecular formula is C21H21Cl2F3N2O. The van der Waals surface area contributed by atoms with E-state index in [1.54, 1.807) is 12.1 Å². The van der Waals surface area contributed by atoms with Crippen LogP contribution in [-0.2, 0) is 17.0 Å². The van der Waals surface area contributed by atoms with Crippen molar-refractivity contribution in [1.82, 2.24) is 5.32 Å².